The molecule has 0 fully saturated rings. The summed E-state index contributed by atoms with van der Waals surface area (Å²) in [5.41, 5.74) is 1.86. The second-order valence-corrected chi connectivity index (χ2v) is 4.79. The standard InChI is InChI=1S/C12H14O3/c1-12(2)6-8-4-3-7(11(14)15)5-9(8)10(12)13/h3-5,10,13H,6H2,1-2H3,(H,14,15)/t10-/m0/s1. The monoisotopic (exact) mass is 206 g/mol. The Morgan fingerprint density at radius 3 is 2.73 bits per heavy atom. The van der Waals surface area contributed by atoms with Crippen LogP contribution in [0.5, 0.6) is 0 Å². The van der Waals surface area contributed by atoms with Crippen LogP contribution in [0.1, 0.15) is 41.4 Å². The van der Waals surface area contributed by atoms with Gasteiger partial charge >= 0.3 is 5.97 Å². The van der Waals surface area contributed by atoms with E-state index in [2.05, 4.69) is 0 Å². The van der Waals surface area contributed by atoms with Crippen molar-refractivity contribution in [3.63, 3.8) is 0 Å². The van der Waals surface area contributed by atoms with Crippen LogP contribution in [0.3, 0.4) is 0 Å². The van der Waals surface area contributed by atoms with Crippen LogP contribution in [0.15, 0.2) is 18.2 Å². The van der Waals surface area contributed by atoms with E-state index >= 15 is 0 Å². The van der Waals surface area contributed by atoms with E-state index in [0.717, 1.165) is 17.5 Å². The summed E-state index contributed by atoms with van der Waals surface area (Å²) in [7, 11) is 0. The van der Waals surface area contributed by atoms with Gasteiger partial charge in [0.1, 0.15) is 0 Å². The molecule has 1 aromatic carbocycles. The number of carbonyl (C=O) groups is 1. The highest BCUT2D eigenvalue weighted by Crippen LogP contribution is 2.45. The van der Waals surface area contributed by atoms with Crippen LogP contribution in [-0.4, -0.2) is 16.2 Å². The Morgan fingerprint density at radius 1 is 1.47 bits per heavy atom. The van der Waals surface area contributed by atoms with Crippen molar-refractivity contribution >= 4 is 5.97 Å². The molecule has 3 heteroatoms. The maximum Gasteiger partial charge on any atom is 0.335 e. The molecular weight excluding hydrogens is 192 g/mol. The zero-order valence-corrected chi connectivity index (χ0v) is 8.82. The van der Waals surface area contributed by atoms with Gasteiger partial charge in [0.2, 0.25) is 0 Å². The van der Waals surface area contributed by atoms with Crippen LogP contribution in [0, 0.1) is 5.41 Å². The first-order chi connectivity index (χ1) is 6.92. The van der Waals surface area contributed by atoms with Crippen molar-refractivity contribution in [2.45, 2.75) is 26.4 Å². The maximum atomic E-state index is 10.8. The van der Waals surface area contributed by atoms with E-state index in [9.17, 15) is 9.90 Å². The number of fused-ring (bicyclic) bond motifs is 1. The molecule has 1 aliphatic carbocycles. The average Bonchev–Trinajstić information content (AvgIpc) is 2.37. The Kier molecular flexibility index (Phi) is 2.08. The lowest BCUT2D eigenvalue weighted by molar-refractivity contribution is 0.0658. The first-order valence-electron chi connectivity index (χ1n) is 4.96. The fourth-order valence-electron chi connectivity index (χ4n) is 2.15. The average molecular weight is 206 g/mol. The number of aliphatic hydroxyl groups is 1. The van der Waals surface area contributed by atoms with E-state index in [1.807, 2.05) is 13.8 Å². The molecule has 0 bridgehead atoms. The Morgan fingerprint density at radius 2 is 2.13 bits per heavy atom. The Hall–Kier alpha value is -1.35. The molecule has 0 amide bonds. The summed E-state index contributed by atoms with van der Waals surface area (Å²) in [5.74, 6) is -0.949. The molecule has 0 saturated carbocycles. The zero-order chi connectivity index (χ0) is 11.2. The van der Waals surface area contributed by atoms with Crippen LogP contribution in [0.4, 0.5) is 0 Å². The summed E-state index contributed by atoms with van der Waals surface area (Å²) in [5, 5.41) is 18.9. The fraction of sp³-hybridized carbons (Fsp3) is 0.417. The van der Waals surface area contributed by atoms with Crippen LogP contribution in [-0.2, 0) is 6.42 Å². The second kappa shape index (κ2) is 3.07. The molecule has 0 spiro atoms. The molecule has 2 N–H and O–H groups in total. The van der Waals surface area contributed by atoms with Gasteiger partial charge in [0, 0.05) is 0 Å². The van der Waals surface area contributed by atoms with Gasteiger partial charge in [0.05, 0.1) is 11.7 Å². The van der Waals surface area contributed by atoms with Gasteiger partial charge in [-0.05, 0) is 35.1 Å². The molecule has 2 rings (SSSR count). The third kappa shape index (κ3) is 1.53. The lowest BCUT2D eigenvalue weighted by Gasteiger charge is -2.22. The molecule has 0 saturated heterocycles. The molecule has 0 unspecified atom stereocenters. The number of aromatic carboxylic acids is 1. The highest BCUT2D eigenvalue weighted by atomic mass is 16.4. The zero-order valence-electron chi connectivity index (χ0n) is 8.82. The summed E-state index contributed by atoms with van der Waals surface area (Å²) in [4.78, 5) is 10.8. The van der Waals surface area contributed by atoms with E-state index in [-0.39, 0.29) is 11.0 Å². The third-order valence-electron chi connectivity index (χ3n) is 3.07. The molecule has 1 aliphatic rings. The molecule has 15 heavy (non-hydrogen) atoms. The number of carboxylic acid groups (broad SMARTS) is 1. The summed E-state index contributed by atoms with van der Waals surface area (Å²) in [6.07, 6.45) is 0.232. The van der Waals surface area contributed by atoms with Crippen molar-refractivity contribution in [3.05, 3.63) is 34.9 Å². The quantitative estimate of drug-likeness (QED) is 0.738. The lowest BCUT2D eigenvalue weighted by Crippen LogP contribution is -2.16. The smallest absolute Gasteiger partial charge is 0.335 e. The molecule has 0 heterocycles. The van der Waals surface area contributed by atoms with Crippen LogP contribution < -0.4 is 0 Å². The SMILES string of the molecule is CC1(C)Cc2ccc(C(=O)O)cc2[C@@H]1O. The number of benzene rings is 1. The highest BCUT2D eigenvalue weighted by molar-refractivity contribution is 5.88. The predicted octanol–water partition coefficient (Wildman–Crippen LogP) is 2.00. The van der Waals surface area contributed by atoms with E-state index in [1.165, 1.54) is 0 Å². The van der Waals surface area contributed by atoms with E-state index in [4.69, 9.17) is 5.11 Å². The first-order valence-corrected chi connectivity index (χ1v) is 4.96. The van der Waals surface area contributed by atoms with Crippen molar-refractivity contribution in [1.29, 1.82) is 0 Å². The topological polar surface area (TPSA) is 57.5 Å². The Labute approximate surface area is 88.4 Å². The van der Waals surface area contributed by atoms with Gasteiger partial charge in [-0.2, -0.15) is 0 Å². The minimum atomic E-state index is -0.949. The van der Waals surface area contributed by atoms with E-state index in [1.54, 1.807) is 18.2 Å². The van der Waals surface area contributed by atoms with Crippen LogP contribution >= 0.6 is 0 Å². The van der Waals surface area contributed by atoms with E-state index < -0.39 is 12.1 Å². The minimum absolute atomic E-state index is 0.195. The van der Waals surface area contributed by atoms with E-state index in [0.29, 0.717) is 0 Å². The molecule has 0 aliphatic heterocycles. The van der Waals surface area contributed by atoms with Gasteiger partial charge in [0.15, 0.2) is 0 Å². The predicted molar refractivity (Wildman–Crippen MR) is 55.8 cm³/mol. The van der Waals surface area contributed by atoms with Crippen molar-refractivity contribution in [3.8, 4) is 0 Å². The first kappa shape index (κ1) is 10.2. The van der Waals surface area contributed by atoms with Crippen molar-refractivity contribution < 1.29 is 15.0 Å². The largest absolute Gasteiger partial charge is 0.478 e. The molecular formula is C12H14O3. The lowest BCUT2D eigenvalue weighted by atomic mass is 9.87. The molecule has 1 atom stereocenters. The van der Waals surface area contributed by atoms with Gasteiger partial charge in [-0.3, -0.25) is 0 Å². The second-order valence-electron chi connectivity index (χ2n) is 4.79. The van der Waals surface area contributed by atoms with Gasteiger partial charge in [-0.25, -0.2) is 4.79 Å². The summed E-state index contributed by atoms with van der Waals surface area (Å²) in [6.45, 7) is 3.97. The Balaban J connectivity index is 2.49. The van der Waals surface area contributed by atoms with Gasteiger partial charge < -0.3 is 10.2 Å². The summed E-state index contributed by atoms with van der Waals surface area (Å²) >= 11 is 0. The van der Waals surface area contributed by atoms with Gasteiger partial charge in [-0.1, -0.05) is 19.9 Å². The van der Waals surface area contributed by atoms with Crippen molar-refractivity contribution in [1.82, 2.24) is 0 Å². The van der Waals surface area contributed by atoms with Gasteiger partial charge in [-0.15, -0.1) is 0 Å². The molecule has 0 radical (unpaired) electrons. The molecule has 3 nitrogen and oxygen atoms in total. The fourth-order valence-corrected chi connectivity index (χ4v) is 2.15. The highest BCUT2D eigenvalue weighted by Gasteiger charge is 2.37. The van der Waals surface area contributed by atoms with Gasteiger partial charge in [0.25, 0.3) is 0 Å². The Bertz CT molecular complexity index is 421. The normalized spacial score (nSPS) is 22.5. The number of hydrogen-bond acceptors (Lipinski definition) is 2. The number of aliphatic hydroxyl groups excluding tert-OH is 1. The molecule has 1 aromatic rings. The third-order valence-corrected chi connectivity index (χ3v) is 3.07. The number of hydrogen-bond donors (Lipinski definition) is 2. The number of carboxylic acids is 1. The van der Waals surface area contributed by atoms with Crippen molar-refractivity contribution in [2.24, 2.45) is 5.41 Å². The van der Waals surface area contributed by atoms with Crippen LogP contribution in [0.25, 0.3) is 0 Å². The van der Waals surface area contributed by atoms with Crippen molar-refractivity contribution in [2.75, 3.05) is 0 Å². The minimum Gasteiger partial charge on any atom is -0.478 e. The maximum absolute atomic E-state index is 10.8. The summed E-state index contributed by atoms with van der Waals surface area (Å²) in [6, 6.07) is 4.98. The van der Waals surface area contributed by atoms with Crippen LogP contribution in [0.2, 0.25) is 0 Å². The molecule has 80 valence electrons. The number of rotatable bonds is 1. The molecule has 0 aromatic heterocycles. The summed E-state index contributed by atoms with van der Waals surface area (Å²) < 4.78 is 0.